The van der Waals surface area contributed by atoms with Gasteiger partial charge >= 0.3 is 12.1 Å². The molecule has 0 bridgehead atoms. The number of aliphatic carboxylic acids is 1. The number of benzene rings is 1. The number of amides is 3. The summed E-state index contributed by atoms with van der Waals surface area (Å²) in [5.74, 6) is -2.87. The first-order valence-electron chi connectivity index (χ1n) is 9.53. The molecule has 0 saturated carbocycles. The van der Waals surface area contributed by atoms with E-state index in [1.807, 2.05) is 37.3 Å². The number of nitrogens with two attached hydrogens (primary N) is 1. The third kappa shape index (κ3) is 8.13. The Kier molecular flexibility index (Phi) is 8.50. The molecule has 31 heavy (non-hydrogen) atoms. The van der Waals surface area contributed by atoms with Crippen LogP contribution in [-0.4, -0.2) is 41.1 Å². The highest BCUT2D eigenvalue weighted by atomic mass is 16.6. The average Bonchev–Trinajstić information content (AvgIpc) is 2.72. The summed E-state index contributed by atoms with van der Waals surface area (Å²) in [5.41, 5.74) is 6.26. The number of ether oxygens (including phenoxy) is 1. The zero-order chi connectivity index (χ0) is 22.8. The molecule has 0 saturated heterocycles. The van der Waals surface area contributed by atoms with Crippen LogP contribution in [0.4, 0.5) is 4.79 Å². The summed E-state index contributed by atoms with van der Waals surface area (Å²) in [6.07, 6.45) is 2.58. The van der Waals surface area contributed by atoms with E-state index in [4.69, 9.17) is 15.6 Å². The molecule has 5 N–H and O–H groups in total. The molecule has 2 atom stereocenters. The molecule has 0 radical (unpaired) electrons. The summed E-state index contributed by atoms with van der Waals surface area (Å²) in [6, 6.07) is 11.1. The Morgan fingerprint density at radius 3 is 2.29 bits per heavy atom. The summed E-state index contributed by atoms with van der Waals surface area (Å²) >= 11 is 0. The molecule has 10 nitrogen and oxygen atoms in total. The summed E-state index contributed by atoms with van der Waals surface area (Å²) in [4.78, 5) is 46.1. The van der Waals surface area contributed by atoms with Crippen molar-refractivity contribution in [2.24, 2.45) is 5.73 Å². The number of pyridine rings is 1. The number of carbonyl (C=O) groups is 4. The van der Waals surface area contributed by atoms with Gasteiger partial charge in [-0.3, -0.25) is 9.59 Å². The van der Waals surface area contributed by atoms with Crippen LogP contribution in [-0.2, 0) is 27.5 Å². The van der Waals surface area contributed by atoms with E-state index in [1.54, 1.807) is 0 Å². The molecule has 10 heteroatoms. The molecule has 0 fully saturated rings. The Morgan fingerprint density at radius 1 is 1.06 bits per heavy atom. The lowest BCUT2D eigenvalue weighted by atomic mass is 10.1. The molecular formula is C21H25N4O6+. The van der Waals surface area contributed by atoms with Gasteiger partial charge in [-0.1, -0.05) is 30.3 Å². The van der Waals surface area contributed by atoms with Gasteiger partial charge in [0, 0.05) is 18.2 Å². The maximum atomic E-state index is 12.2. The number of hydrogen-bond donors (Lipinski definition) is 4. The third-order valence-electron chi connectivity index (χ3n) is 4.26. The second-order valence-corrected chi connectivity index (χ2v) is 6.93. The highest BCUT2D eigenvalue weighted by molar-refractivity contribution is 5.97. The predicted molar refractivity (Wildman–Crippen MR) is 109 cm³/mol. The molecule has 0 spiro atoms. The second kappa shape index (κ2) is 11.3. The van der Waals surface area contributed by atoms with Crippen molar-refractivity contribution in [3.05, 3.63) is 66.0 Å². The van der Waals surface area contributed by atoms with Crippen molar-refractivity contribution >= 4 is 23.9 Å². The first-order chi connectivity index (χ1) is 14.7. The Bertz CT molecular complexity index is 917. The molecule has 2 aromatic rings. The number of aromatic nitrogens is 1. The average molecular weight is 429 g/mol. The second-order valence-electron chi connectivity index (χ2n) is 6.93. The number of alkyl carbamates (subject to hydrolysis) is 1. The fraction of sp³-hybridized carbons (Fsp3) is 0.286. The molecule has 164 valence electrons. The van der Waals surface area contributed by atoms with Crippen molar-refractivity contribution in [2.45, 2.75) is 38.6 Å². The maximum Gasteiger partial charge on any atom is 0.412 e. The van der Waals surface area contributed by atoms with Crippen LogP contribution in [0.15, 0.2) is 54.9 Å². The fourth-order valence-electron chi connectivity index (χ4n) is 2.73. The summed E-state index contributed by atoms with van der Waals surface area (Å²) in [6.45, 7) is 1.79. The van der Waals surface area contributed by atoms with Gasteiger partial charge < -0.3 is 26.2 Å². The number of hydrogen-bond acceptors (Lipinski definition) is 5. The van der Waals surface area contributed by atoms with Gasteiger partial charge in [0.25, 0.3) is 12.6 Å². The fourth-order valence-corrected chi connectivity index (χ4v) is 2.73. The van der Waals surface area contributed by atoms with Crippen LogP contribution >= 0.6 is 0 Å². The van der Waals surface area contributed by atoms with Gasteiger partial charge in [-0.05, 0) is 18.9 Å². The van der Waals surface area contributed by atoms with Crippen molar-refractivity contribution in [3.8, 4) is 0 Å². The van der Waals surface area contributed by atoms with Crippen LogP contribution in [0.5, 0.6) is 0 Å². The van der Waals surface area contributed by atoms with E-state index >= 15 is 0 Å². The van der Waals surface area contributed by atoms with Gasteiger partial charge in [0.15, 0.2) is 12.4 Å². The van der Waals surface area contributed by atoms with Gasteiger partial charge in [0.05, 0.1) is 12.0 Å². The Hall–Kier alpha value is -3.95. The van der Waals surface area contributed by atoms with Crippen molar-refractivity contribution in [3.63, 3.8) is 0 Å². The van der Waals surface area contributed by atoms with Crippen molar-refractivity contribution in [1.29, 1.82) is 0 Å². The highest BCUT2D eigenvalue weighted by Crippen LogP contribution is 2.03. The standard InChI is InChI=1S/C21H24N4O6/c1-14(11-15-5-3-2-4-6-15)23-21(30)31-13-25-9-7-16(8-10-25)19(27)24-17(20(28)29)12-18(22)26/h2-10,14,17H,11-13H2,1H3,(H4-,22,23,24,26,27,28,29,30)/p+1/t14-,17-/m0/s1. The minimum absolute atomic E-state index is 0.0782. The van der Waals surface area contributed by atoms with Gasteiger partial charge in [0.2, 0.25) is 5.91 Å². The normalized spacial score (nSPS) is 12.3. The number of carboxylic acids is 1. The topological polar surface area (TPSA) is 152 Å². The number of carbonyl (C=O) groups excluding carboxylic acids is 3. The molecule has 3 amide bonds. The molecule has 0 unspecified atom stereocenters. The van der Waals surface area contributed by atoms with E-state index in [9.17, 15) is 19.2 Å². The zero-order valence-electron chi connectivity index (χ0n) is 17.0. The van der Waals surface area contributed by atoms with E-state index in [0.29, 0.717) is 6.42 Å². The lowest BCUT2D eigenvalue weighted by Gasteiger charge is -2.13. The largest absolute Gasteiger partial charge is 0.480 e. The Labute approximate surface area is 179 Å². The predicted octanol–water partition coefficient (Wildman–Crippen LogP) is 0.347. The first kappa shape index (κ1) is 23.3. The van der Waals surface area contributed by atoms with Crippen molar-refractivity contribution in [2.75, 3.05) is 0 Å². The van der Waals surface area contributed by atoms with Gasteiger partial charge in [-0.2, -0.15) is 4.57 Å². The van der Waals surface area contributed by atoms with Crippen molar-refractivity contribution < 1.29 is 33.6 Å². The summed E-state index contributed by atoms with van der Waals surface area (Å²) < 4.78 is 6.68. The Balaban J connectivity index is 1.82. The molecular weight excluding hydrogens is 404 g/mol. The van der Waals surface area contributed by atoms with E-state index < -0.39 is 36.3 Å². The van der Waals surface area contributed by atoms with Crippen molar-refractivity contribution in [1.82, 2.24) is 10.6 Å². The lowest BCUT2D eigenvalue weighted by Crippen LogP contribution is -2.44. The molecule has 2 rings (SSSR count). The smallest absolute Gasteiger partial charge is 0.412 e. The quantitative estimate of drug-likeness (QED) is 0.400. The number of rotatable bonds is 10. The summed E-state index contributed by atoms with van der Waals surface area (Å²) in [5, 5.41) is 14.0. The van der Waals surface area contributed by atoms with Crippen LogP contribution in [0, 0.1) is 0 Å². The monoisotopic (exact) mass is 429 g/mol. The van der Waals surface area contributed by atoms with E-state index in [2.05, 4.69) is 10.6 Å². The van der Waals surface area contributed by atoms with Crippen LogP contribution < -0.4 is 20.9 Å². The number of primary amides is 1. The molecule has 1 heterocycles. The van der Waals surface area contributed by atoms with Gasteiger partial charge in [0.1, 0.15) is 6.04 Å². The molecule has 1 aromatic carbocycles. The first-order valence-corrected chi connectivity index (χ1v) is 9.53. The molecule has 0 aliphatic heterocycles. The summed E-state index contributed by atoms with van der Waals surface area (Å²) in [7, 11) is 0. The Morgan fingerprint density at radius 2 is 1.71 bits per heavy atom. The van der Waals surface area contributed by atoms with Gasteiger partial charge in [-0.25, -0.2) is 9.59 Å². The van der Waals surface area contributed by atoms with Crippen LogP contribution in [0.1, 0.15) is 29.3 Å². The third-order valence-corrected chi connectivity index (χ3v) is 4.26. The maximum absolute atomic E-state index is 12.2. The minimum atomic E-state index is -1.41. The van der Waals surface area contributed by atoms with Crippen LogP contribution in [0.2, 0.25) is 0 Å². The SMILES string of the molecule is C[C@@H](Cc1ccccc1)NC(=O)OC[n+]1ccc(C(=O)N[C@@H](CC(N)=O)C(=O)O)cc1. The molecule has 0 aliphatic carbocycles. The minimum Gasteiger partial charge on any atom is -0.480 e. The lowest BCUT2D eigenvalue weighted by molar-refractivity contribution is -0.727. The van der Waals surface area contributed by atoms with Gasteiger partial charge in [-0.15, -0.1) is 0 Å². The van der Waals surface area contributed by atoms with E-state index in [-0.39, 0.29) is 18.3 Å². The van der Waals surface area contributed by atoms with E-state index in [1.165, 1.54) is 29.1 Å². The molecule has 0 aliphatic rings. The van der Waals surface area contributed by atoms with Crippen LogP contribution in [0.3, 0.4) is 0 Å². The van der Waals surface area contributed by atoms with Crippen LogP contribution in [0.25, 0.3) is 0 Å². The number of nitrogens with zero attached hydrogens (tertiary/aromatic N) is 1. The zero-order valence-corrected chi connectivity index (χ0v) is 17.0. The molecule has 1 aromatic heterocycles. The number of nitrogens with one attached hydrogen (secondary N) is 2. The number of carboxylic acid groups (broad SMARTS) is 1. The highest BCUT2D eigenvalue weighted by Gasteiger charge is 2.23. The van der Waals surface area contributed by atoms with E-state index in [0.717, 1.165) is 5.56 Å².